The SMILES string of the molecule is CC(NC(=O)CCC1CCNCC1)c1ccncc1. The van der Waals surface area contributed by atoms with Crippen molar-refractivity contribution < 1.29 is 4.79 Å². The van der Waals surface area contributed by atoms with Crippen LogP contribution >= 0.6 is 0 Å². The van der Waals surface area contributed by atoms with Crippen molar-refractivity contribution in [3.05, 3.63) is 30.1 Å². The highest BCUT2D eigenvalue weighted by Gasteiger charge is 2.15. The van der Waals surface area contributed by atoms with E-state index in [2.05, 4.69) is 15.6 Å². The maximum Gasteiger partial charge on any atom is 0.220 e. The molecule has 0 saturated carbocycles. The predicted octanol–water partition coefficient (Wildman–Crippen LogP) is 2.04. The molecule has 1 amide bonds. The Bertz CT molecular complexity index is 388. The first kappa shape index (κ1) is 14.0. The Kier molecular flexibility index (Phi) is 5.33. The maximum atomic E-state index is 11.9. The van der Waals surface area contributed by atoms with Crippen LogP contribution < -0.4 is 10.6 Å². The minimum atomic E-state index is 0.0588. The molecule has 1 aromatic rings. The van der Waals surface area contributed by atoms with Crippen LogP contribution in [0.3, 0.4) is 0 Å². The van der Waals surface area contributed by atoms with E-state index in [0.29, 0.717) is 12.3 Å². The first-order valence-corrected chi connectivity index (χ1v) is 7.15. The molecule has 1 atom stereocenters. The summed E-state index contributed by atoms with van der Waals surface area (Å²) in [5.41, 5.74) is 1.10. The highest BCUT2D eigenvalue weighted by atomic mass is 16.1. The van der Waals surface area contributed by atoms with Crippen molar-refractivity contribution in [1.29, 1.82) is 0 Å². The molecule has 1 aromatic heterocycles. The lowest BCUT2D eigenvalue weighted by atomic mass is 9.93. The van der Waals surface area contributed by atoms with E-state index in [1.54, 1.807) is 12.4 Å². The topological polar surface area (TPSA) is 54.0 Å². The predicted molar refractivity (Wildman–Crippen MR) is 75.6 cm³/mol. The Morgan fingerprint density at radius 2 is 2.11 bits per heavy atom. The number of aromatic nitrogens is 1. The Morgan fingerprint density at radius 3 is 2.79 bits per heavy atom. The highest BCUT2D eigenvalue weighted by molar-refractivity contribution is 5.76. The van der Waals surface area contributed by atoms with E-state index < -0.39 is 0 Å². The second-order valence-electron chi connectivity index (χ2n) is 5.30. The van der Waals surface area contributed by atoms with E-state index in [4.69, 9.17) is 0 Å². The molecule has 2 heterocycles. The summed E-state index contributed by atoms with van der Waals surface area (Å²) in [5, 5.41) is 6.40. The number of nitrogens with zero attached hydrogens (tertiary/aromatic N) is 1. The van der Waals surface area contributed by atoms with Crippen molar-refractivity contribution in [1.82, 2.24) is 15.6 Å². The van der Waals surface area contributed by atoms with Gasteiger partial charge in [0.15, 0.2) is 0 Å². The van der Waals surface area contributed by atoms with Crippen LogP contribution in [-0.4, -0.2) is 24.0 Å². The average molecular weight is 261 g/mol. The van der Waals surface area contributed by atoms with Crippen LogP contribution in [0.15, 0.2) is 24.5 Å². The molecule has 1 aliphatic heterocycles. The van der Waals surface area contributed by atoms with Crippen LogP contribution in [0.5, 0.6) is 0 Å². The fourth-order valence-electron chi connectivity index (χ4n) is 2.55. The van der Waals surface area contributed by atoms with Gasteiger partial charge >= 0.3 is 0 Å². The number of piperidine rings is 1. The number of carbonyl (C=O) groups excluding carboxylic acids is 1. The maximum absolute atomic E-state index is 11.9. The highest BCUT2D eigenvalue weighted by Crippen LogP contribution is 2.18. The normalized spacial score (nSPS) is 17.9. The Hall–Kier alpha value is -1.42. The summed E-state index contributed by atoms with van der Waals surface area (Å²) in [6, 6.07) is 3.94. The third-order valence-electron chi connectivity index (χ3n) is 3.82. The fourth-order valence-corrected chi connectivity index (χ4v) is 2.55. The third-order valence-corrected chi connectivity index (χ3v) is 3.82. The van der Waals surface area contributed by atoms with Crippen LogP contribution in [0.25, 0.3) is 0 Å². The van der Waals surface area contributed by atoms with Crippen LogP contribution in [-0.2, 0) is 4.79 Å². The lowest BCUT2D eigenvalue weighted by Gasteiger charge is -2.22. The number of hydrogen-bond acceptors (Lipinski definition) is 3. The number of amides is 1. The molecule has 2 rings (SSSR count). The van der Waals surface area contributed by atoms with Gasteiger partial charge < -0.3 is 10.6 Å². The van der Waals surface area contributed by atoms with Gasteiger partial charge in [-0.25, -0.2) is 0 Å². The van der Waals surface area contributed by atoms with Crippen molar-refractivity contribution in [3.63, 3.8) is 0 Å². The van der Waals surface area contributed by atoms with E-state index in [1.807, 2.05) is 19.1 Å². The minimum Gasteiger partial charge on any atom is -0.350 e. The van der Waals surface area contributed by atoms with Gasteiger partial charge in [-0.15, -0.1) is 0 Å². The summed E-state index contributed by atoms with van der Waals surface area (Å²) in [6.45, 7) is 4.21. The first-order chi connectivity index (χ1) is 9.25. The molecule has 4 heteroatoms. The number of carbonyl (C=O) groups is 1. The molecule has 1 fully saturated rings. The Labute approximate surface area is 115 Å². The second-order valence-corrected chi connectivity index (χ2v) is 5.30. The summed E-state index contributed by atoms with van der Waals surface area (Å²) in [7, 11) is 0. The molecule has 2 N–H and O–H groups in total. The summed E-state index contributed by atoms with van der Waals surface area (Å²) in [5.74, 6) is 0.867. The van der Waals surface area contributed by atoms with E-state index in [9.17, 15) is 4.79 Å². The van der Waals surface area contributed by atoms with Crippen LogP contribution in [0.2, 0.25) is 0 Å². The van der Waals surface area contributed by atoms with Crippen molar-refractivity contribution in [3.8, 4) is 0 Å². The van der Waals surface area contributed by atoms with Gasteiger partial charge in [0.05, 0.1) is 6.04 Å². The van der Waals surface area contributed by atoms with Crippen molar-refractivity contribution in [2.75, 3.05) is 13.1 Å². The zero-order chi connectivity index (χ0) is 13.5. The molecule has 0 aromatic carbocycles. The van der Waals surface area contributed by atoms with E-state index in [0.717, 1.165) is 25.1 Å². The fraction of sp³-hybridized carbons (Fsp3) is 0.600. The molecule has 0 aliphatic carbocycles. The van der Waals surface area contributed by atoms with Crippen molar-refractivity contribution in [2.24, 2.45) is 5.92 Å². The smallest absolute Gasteiger partial charge is 0.220 e. The summed E-state index contributed by atoms with van der Waals surface area (Å²) < 4.78 is 0. The molecule has 104 valence electrons. The summed E-state index contributed by atoms with van der Waals surface area (Å²) >= 11 is 0. The number of pyridine rings is 1. The van der Waals surface area contributed by atoms with E-state index in [-0.39, 0.29) is 11.9 Å². The zero-order valence-electron chi connectivity index (χ0n) is 11.6. The molecule has 19 heavy (non-hydrogen) atoms. The van der Waals surface area contributed by atoms with Crippen LogP contribution in [0.4, 0.5) is 0 Å². The van der Waals surface area contributed by atoms with Crippen molar-refractivity contribution >= 4 is 5.91 Å². The Balaban J connectivity index is 1.71. The van der Waals surface area contributed by atoms with Crippen molar-refractivity contribution in [2.45, 2.75) is 38.6 Å². The minimum absolute atomic E-state index is 0.0588. The van der Waals surface area contributed by atoms with Gasteiger partial charge in [-0.2, -0.15) is 0 Å². The van der Waals surface area contributed by atoms with E-state index in [1.165, 1.54) is 12.8 Å². The first-order valence-electron chi connectivity index (χ1n) is 7.15. The number of hydrogen-bond donors (Lipinski definition) is 2. The molecule has 1 unspecified atom stereocenters. The van der Waals surface area contributed by atoms with Gasteiger partial charge in [-0.3, -0.25) is 9.78 Å². The molecule has 1 aliphatic rings. The van der Waals surface area contributed by atoms with E-state index >= 15 is 0 Å². The van der Waals surface area contributed by atoms with Crippen LogP contribution in [0.1, 0.15) is 44.2 Å². The average Bonchev–Trinajstić information content (AvgIpc) is 2.47. The standard InChI is InChI=1S/C15H23N3O/c1-12(14-6-10-17-11-7-14)18-15(19)3-2-13-4-8-16-9-5-13/h6-7,10-13,16H,2-5,8-9H2,1H3,(H,18,19). The quantitative estimate of drug-likeness (QED) is 0.853. The van der Waals surface area contributed by atoms with Gasteiger partial charge in [0.1, 0.15) is 0 Å². The molecule has 0 bridgehead atoms. The molecular formula is C15H23N3O. The zero-order valence-corrected chi connectivity index (χ0v) is 11.6. The second kappa shape index (κ2) is 7.24. The molecular weight excluding hydrogens is 238 g/mol. The number of rotatable bonds is 5. The lowest BCUT2D eigenvalue weighted by molar-refractivity contribution is -0.122. The largest absolute Gasteiger partial charge is 0.350 e. The van der Waals surface area contributed by atoms with Gasteiger partial charge in [-0.1, -0.05) is 0 Å². The molecule has 0 radical (unpaired) electrons. The monoisotopic (exact) mass is 261 g/mol. The molecule has 4 nitrogen and oxygen atoms in total. The van der Waals surface area contributed by atoms with Crippen LogP contribution in [0, 0.1) is 5.92 Å². The van der Waals surface area contributed by atoms with Gasteiger partial charge in [0, 0.05) is 18.8 Å². The lowest BCUT2D eigenvalue weighted by Crippen LogP contribution is -2.30. The summed E-state index contributed by atoms with van der Waals surface area (Å²) in [4.78, 5) is 15.9. The van der Waals surface area contributed by atoms with Gasteiger partial charge in [-0.05, 0) is 62.9 Å². The Morgan fingerprint density at radius 1 is 1.42 bits per heavy atom. The molecule has 0 spiro atoms. The summed E-state index contributed by atoms with van der Waals surface area (Å²) in [6.07, 6.45) is 7.57. The van der Waals surface area contributed by atoms with Gasteiger partial charge in [0.25, 0.3) is 0 Å². The molecule has 1 saturated heterocycles. The third kappa shape index (κ3) is 4.63. The van der Waals surface area contributed by atoms with Gasteiger partial charge in [0.2, 0.25) is 5.91 Å². The number of nitrogens with one attached hydrogen (secondary N) is 2.